The number of benzene rings is 2. The molecule has 0 heterocycles. The van der Waals surface area contributed by atoms with Gasteiger partial charge in [-0.05, 0) is 29.8 Å². The predicted octanol–water partition coefficient (Wildman–Crippen LogP) is 2.82. The van der Waals surface area contributed by atoms with Gasteiger partial charge in [0.15, 0.2) is 0 Å². The molecule has 5 nitrogen and oxygen atoms in total. The first kappa shape index (κ1) is 17.1. The molecule has 0 saturated heterocycles. The highest BCUT2D eigenvalue weighted by Crippen LogP contribution is 2.22. The molecule has 0 fully saturated rings. The second-order valence-corrected chi connectivity index (χ2v) is 5.32. The van der Waals surface area contributed by atoms with Crippen LogP contribution in [0.4, 0.5) is 0 Å². The summed E-state index contributed by atoms with van der Waals surface area (Å²) in [6, 6.07) is 11.7. The van der Waals surface area contributed by atoms with E-state index in [1.54, 1.807) is 42.5 Å². The molecule has 0 aliphatic rings. The molecule has 1 unspecified atom stereocenters. The Kier molecular flexibility index (Phi) is 5.84. The van der Waals surface area contributed by atoms with E-state index in [1.165, 1.54) is 14.2 Å². The van der Waals surface area contributed by atoms with Crippen LogP contribution in [0.5, 0.6) is 11.5 Å². The van der Waals surface area contributed by atoms with Crippen molar-refractivity contribution in [3.63, 3.8) is 0 Å². The van der Waals surface area contributed by atoms with Gasteiger partial charge in [-0.25, -0.2) is 0 Å². The lowest BCUT2D eigenvalue weighted by molar-refractivity contribution is 0.0915. The molecule has 2 aromatic carbocycles. The van der Waals surface area contributed by atoms with Gasteiger partial charge in [-0.1, -0.05) is 23.7 Å². The Morgan fingerprint density at radius 3 is 2.22 bits per heavy atom. The highest BCUT2D eigenvalue weighted by atomic mass is 35.5. The number of nitrogens with one attached hydrogen (secondary N) is 1. The summed E-state index contributed by atoms with van der Waals surface area (Å²) in [5.74, 6) is 0.718. The molecule has 0 aliphatic carbocycles. The molecular formula is C17H18ClNO4. The lowest BCUT2D eigenvalue weighted by Gasteiger charge is -2.13. The molecule has 2 rings (SSSR count). The third-order valence-electron chi connectivity index (χ3n) is 3.32. The van der Waals surface area contributed by atoms with Crippen molar-refractivity contribution in [1.82, 2.24) is 5.32 Å². The first-order valence-corrected chi connectivity index (χ1v) is 7.36. The van der Waals surface area contributed by atoms with Gasteiger partial charge >= 0.3 is 0 Å². The third-order valence-corrected chi connectivity index (χ3v) is 3.58. The van der Waals surface area contributed by atoms with Crippen molar-refractivity contribution in [2.45, 2.75) is 6.10 Å². The zero-order valence-corrected chi connectivity index (χ0v) is 13.6. The van der Waals surface area contributed by atoms with Gasteiger partial charge in [-0.2, -0.15) is 0 Å². The van der Waals surface area contributed by atoms with E-state index in [1.807, 2.05) is 0 Å². The van der Waals surface area contributed by atoms with Crippen molar-refractivity contribution in [3.8, 4) is 11.5 Å². The van der Waals surface area contributed by atoms with Crippen molar-refractivity contribution < 1.29 is 19.4 Å². The summed E-state index contributed by atoms with van der Waals surface area (Å²) < 4.78 is 10.3. The number of carbonyl (C=O) groups is 1. The third kappa shape index (κ3) is 4.61. The molecule has 6 heteroatoms. The van der Waals surface area contributed by atoms with Crippen LogP contribution in [0, 0.1) is 0 Å². The fraction of sp³-hybridized carbons (Fsp3) is 0.235. The van der Waals surface area contributed by atoms with Gasteiger partial charge < -0.3 is 19.9 Å². The Morgan fingerprint density at radius 2 is 1.70 bits per heavy atom. The number of hydrogen-bond acceptors (Lipinski definition) is 4. The van der Waals surface area contributed by atoms with E-state index in [0.717, 1.165) is 0 Å². The Bertz CT molecular complexity index is 651. The molecule has 0 radical (unpaired) electrons. The standard InChI is InChI=1S/C17H18ClNO4/c1-22-14-7-12(8-15(9-14)23-2)17(21)19-10-16(20)11-3-5-13(18)6-4-11/h3-9,16,20H,10H2,1-2H3,(H,19,21). The number of halogens is 1. The molecule has 0 aliphatic heterocycles. The van der Waals surface area contributed by atoms with Crippen LogP contribution in [0.2, 0.25) is 5.02 Å². The second kappa shape index (κ2) is 7.85. The minimum absolute atomic E-state index is 0.0833. The van der Waals surface area contributed by atoms with Crippen LogP contribution < -0.4 is 14.8 Å². The smallest absolute Gasteiger partial charge is 0.251 e. The molecule has 2 aromatic rings. The number of aliphatic hydroxyl groups is 1. The topological polar surface area (TPSA) is 67.8 Å². The molecule has 0 aromatic heterocycles. The van der Waals surface area contributed by atoms with E-state index in [2.05, 4.69) is 5.32 Å². The van der Waals surface area contributed by atoms with E-state index < -0.39 is 6.10 Å². The number of amides is 1. The fourth-order valence-corrected chi connectivity index (χ4v) is 2.16. The molecule has 0 saturated carbocycles. The van der Waals surface area contributed by atoms with Crippen LogP contribution >= 0.6 is 11.6 Å². The van der Waals surface area contributed by atoms with Crippen LogP contribution in [-0.2, 0) is 0 Å². The maximum atomic E-state index is 12.2. The molecular weight excluding hydrogens is 318 g/mol. The lowest BCUT2D eigenvalue weighted by Crippen LogP contribution is -2.28. The maximum absolute atomic E-state index is 12.2. The van der Waals surface area contributed by atoms with Crippen LogP contribution in [0.25, 0.3) is 0 Å². The molecule has 23 heavy (non-hydrogen) atoms. The first-order valence-electron chi connectivity index (χ1n) is 6.98. The van der Waals surface area contributed by atoms with E-state index in [-0.39, 0.29) is 12.5 Å². The summed E-state index contributed by atoms with van der Waals surface area (Å²) in [7, 11) is 3.03. The van der Waals surface area contributed by atoms with E-state index in [4.69, 9.17) is 21.1 Å². The first-order chi connectivity index (χ1) is 11.0. The van der Waals surface area contributed by atoms with Crippen LogP contribution in [0.1, 0.15) is 22.0 Å². The average molecular weight is 336 g/mol. The number of rotatable bonds is 6. The quantitative estimate of drug-likeness (QED) is 0.851. The van der Waals surface area contributed by atoms with Gasteiger partial charge in [0.05, 0.1) is 20.3 Å². The number of carbonyl (C=O) groups excluding carboxylic acids is 1. The Hall–Kier alpha value is -2.24. The number of ether oxygens (including phenoxy) is 2. The summed E-state index contributed by atoms with van der Waals surface area (Å²) in [6.45, 7) is 0.0833. The van der Waals surface area contributed by atoms with E-state index in [9.17, 15) is 9.90 Å². The van der Waals surface area contributed by atoms with Crippen LogP contribution in [0.3, 0.4) is 0 Å². The van der Waals surface area contributed by atoms with Gasteiger partial charge in [0.25, 0.3) is 5.91 Å². The molecule has 1 atom stereocenters. The lowest BCUT2D eigenvalue weighted by atomic mass is 10.1. The largest absolute Gasteiger partial charge is 0.497 e. The molecule has 122 valence electrons. The Labute approximate surface area is 139 Å². The summed E-state index contributed by atoms with van der Waals surface area (Å²) in [5, 5.41) is 13.4. The van der Waals surface area contributed by atoms with Gasteiger partial charge in [0.1, 0.15) is 11.5 Å². The normalized spacial score (nSPS) is 11.7. The minimum atomic E-state index is -0.816. The zero-order chi connectivity index (χ0) is 16.8. The summed E-state index contributed by atoms with van der Waals surface area (Å²) in [6.07, 6.45) is -0.816. The average Bonchev–Trinajstić information content (AvgIpc) is 2.59. The SMILES string of the molecule is COc1cc(OC)cc(C(=O)NCC(O)c2ccc(Cl)cc2)c1. The summed E-state index contributed by atoms with van der Waals surface area (Å²) in [5.41, 5.74) is 1.07. The number of hydrogen-bond donors (Lipinski definition) is 2. The van der Waals surface area contributed by atoms with Gasteiger partial charge in [-0.3, -0.25) is 4.79 Å². The minimum Gasteiger partial charge on any atom is -0.497 e. The predicted molar refractivity (Wildman–Crippen MR) is 88.3 cm³/mol. The Morgan fingerprint density at radius 1 is 1.13 bits per heavy atom. The molecule has 0 bridgehead atoms. The highest BCUT2D eigenvalue weighted by Gasteiger charge is 2.13. The maximum Gasteiger partial charge on any atom is 0.251 e. The molecule has 1 amide bonds. The van der Waals surface area contributed by atoms with Gasteiger partial charge in [0, 0.05) is 23.2 Å². The second-order valence-electron chi connectivity index (χ2n) is 4.88. The van der Waals surface area contributed by atoms with Crippen molar-refractivity contribution in [2.75, 3.05) is 20.8 Å². The zero-order valence-electron chi connectivity index (χ0n) is 12.9. The fourth-order valence-electron chi connectivity index (χ4n) is 2.03. The van der Waals surface area contributed by atoms with E-state index in [0.29, 0.717) is 27.6 Å². The summed E-state index contributed by atoms with van der Waals surface area (Å²) >= 11 is 5.81. The van der Waals surface area contributed by atoms with Crippen molar-refractivity contribution in [3.05, 3.63) is 58.6 Å². The number of aliphatic hydroxyl groups excluding tert-OH is 1. The summed E-state index contributed by atoms with van der Waals surface area (Å²) in [4.78, 5) is 12.2. The Balaban J connectivity index is 2.03. The van der Waals surface area contributed by atoms with Crippen LogP contribution in [0.15, 0.2) is 42.5 Å². The van der Waals surface area contributed by atoms with Gasteiger partial charge in [-0.15, -0.1) is 0 Å². The number of methoxy groups -OCH3 is 2. The van der Waals surface area contributed by atoms with Gasteiger partial charge in [0.2, 0.25) is 0 Å². The molecule has 2 N–H and O–H groups in total. The van der Waals surface area contributed by atoms with Crippen molar-refractivity contribution in [2.24, 2.45) is 0 Å². The monoisotopic (exact) mass is 335 g/mol. The van der Waals surface area contributed by atoms with Crippen molar-refractivity contribution in [1.29, 1.82) is 0 Å². The van der Waals surface area contributed by atoms with E-state index >= 15 is 0 Å². The van der Waals surface area contributed by atoms with Crippen molar-refractivity contribution >= 4 is 17.5 Å². The molecule has 0 spiro atoms. The van der Waals surface area contributed by atoms with Crippen LogP contribution in [-0.4, -0.2) is 31.8 Å². The highest BCUT2D eigenvalue weighted by molar-refractivity contribution is 6.30.